The van der Waals surface area contributed by atoms with Gasteiger partial charge in [0.1, 0.15) is 0 Å². The van der Waals surface area contributed by atoms with Crippen molar-refractivity contribution in [2.45, 2.75) is 32.4 Å². The predicted molar refractivity (Wildman–Crippen MR) is 45.7 cm³/mol. The van der Waals surface area contributed by atoms with Crippen molar-refractivity contribution in [1.29, 1.82) is 0 Å². The van der Waals surface area contributed by atoms with Crippen LogP contribution in [0.3, 0.4) is 0 Å². The first-order chi connectivity index (χ1) is 5.37. The summed E-state index contributed by atoms with van der Waals surface area (Å²) < 4.78 is 9.63. The van der Waals surface area contributed by atoms with Crippen LogP contribution in [0, 0.1) is 0 Å². The fourth-order valence-electron chi connectivity index (χ4n) is 0.574. The normalized spacial score (nSPS) is 14.1. The van der Waals surface area contributed by atoms with Gasteiger partial charge in [0.15, 0.2) is 6.10 Å². The molecule has 0 rings (SSSR count). The molecule has 0 heterocycles. The van der Waals surface area contributed by atoms with Gasteiger partial charge in [0.05, 0.1) is 13.7 Å². The summed E-state index contributed by atoms with van der Waals surface area (Å²) in [6.07, 6.45) is -0.544. The molecular formula is C8H17NO3. The van der Waals surface area contributed by atoms with E-state index in [1.54, 1.807) is 6.92 Å². The quantitative estimate of drug-likeness (QED) is 0.624. The number of methoxy groups -OCH3 is 1. The van der Waals surface area contributed by atoms with Crippen LogP contribution in [0.1, 0.15) is 20.8 Å². The summed E-state index contributed by atoms with van der Waals surface area (Å²) in [7, 11) is 1.33. The van der Waals surface area contributed by atoms with E-state index in [1.165, 1.54) is 7.11 Å². The summed E-state index contributed by atoms with van der Waals surface area (Å²) in [5.41, 5.74) is 5.23. The Bertz CT molecular complexity index is 151. The van der Waals surface area contributed by atoms with E-state index in [9.17, 15) is 4.79 Å². The molecule has 0 radical (unpaired) electrons. The Morgan fingerprint density at radius 1 is 1.58 bits per heavy atom. The van der Waals surface area contributed by atoms with Gasteiger partial charge in [-0.2, -0.15) is 0 Å². The highest BCUT2D eigenvalue weighted by atomic mass is 16.6. The minimum atomic E-state index is -0.544. The van der Waals surface area contributed by atoms with Gasteiger partial charge in [-0.25, -0.2) is 4.79 Å². The van der Waals surface area contributed by atoms with Crippen molar-refractivity contribution in [3.8, 4) is 0 Å². The zero-order valence-electron chi connectivity index (χ0n) is 8.09. The topological polar surface area (TPSA) is 61.5 Å². The number of esters is 1. The number of hydrogen-bond acceptors (Lipinski definition) is 4. The predicted octanol–water partition coefficient (Wildman–Crippen LogP) is 0.302. The highest BCUT2D eigenvalue weighted by molar-refractivity contribution is 5.73. The van der Waals surface area contributed by atoms with E-state index in [1.807, 2.05) is 13.8 Å². The third-order valence-electron chi connectivity index (χ3n) is 1.24. The fraction of sp³-hybridized carbons (Fsp3) is 0.875. The van der Waals surface area contributed by atoms with E-state index in [2.05, 4.69) is 4.74 Å². The van der Waals surface area contributed by atoms with Gasteiger partial charge in [-0.05, 0) is 20.8 Å². The lowest BCUT2D eigenvalue weighted by Gasteiger charge is -2.20. The molecule has 0 aromatic rings. The van der Waals surface area contributed by atoms with E-state index in [0.29, 0.717) is 6.61 Å². The molecule has 1 atom stereocenters. The maximum absolute atomic E-state index is 10.8. The molecule has 72 valence electrons. The van der Waals surface area contributed by atoms with Crippen molar-refractivity contribution in [1.82, 2.24) is 0 Å². The summed E-state index contributed by atoms with van der Waals surface area (Å²) in [4.78, 5) is 10.8. The Hall–Kier alpha value is -0.610. The van der Waals surface area contributed by atoms with Gasteiger partial charge in [0.25, 0.3) is 0 Å². The maximum atomic E-state index is 10.8. The van der Waals surface area contributed by atoms with E-state index in [0.717, 1.165) is 0 Å². The molecule has 0 aromatic carbocycles. The van der Waals surface area contributed by atoms with Gasteiger partial charge in [0, 0.05) is 5.54 Å². The molecule has 0 aliphatic rings. The Morgan fingerprint density at radius 3 is 2.42 bits per heavy atom. The fourth-order valence-corrected chi connectivity index (χ4v) is 0.574. The van der Waals surface area contributed by atoms with Crippen LogP contribution in [-0.2, 0) is 14.3 Å². The maximum Gasteiger partial charge on any atom is 0.334 e. The molecule has 0 saturated carbocycles. The molecule has 0 bridgehead atoms. The molecule has 0 amide bonds. The summed E-state index contributed by atoms with van der Waals surface area (Å²) in [6, 6.07) is 0. The van der Waals surface area contributed by atoms with Crippen LogP contribution >= 0.6 is 0 Å². The molecule has 2 N–H and O–H groups in total. The average molecular weight is 175 g/mol. The summed E-state index contributed by atoms with van der Waals surface area (Å²) >= 11 is 0. The standard InChI is InChI=1S/C8H17NO3/c1-6(7(10)11-4)12-5-8(2,3)9/h6H,5,9H2,1-4H3. The summed E-state index contributed by atoms with van der Waals surface area (Å²) in [5, 5.41) is 0. The lowest BCUT2D eigenvalue weighted by molar-refractivity contribution is -0.153. The minimum absolute atomic E-state index is 0.337. The largest absolute Gasteiger partial charge is 0.467 e. The van der Waals surface area contributed by atoms with Crippen LogP contribution in [0.25, 0.3) is 0 Å². The average Bonchev–Trinajstić information content (AvgIpc) is 1.97. The number of ether oxygens (including phenoxy) is 2. The summed E-state index contributed by atoms with van der Waals surface area (Å²) in [6.45, 7) is 5.63. The third kappa shape index (κ3) is 5.09. The molecule has 0 aliphatic carbocycles. The van der Waals surface area contributed by atoms with Crippen LogP contribution in [0.4, 0.5) is 0 Å². The molecule has 0 spiro atoms. The lowest BCUT2D eigenvalue weighted by Crippen LogP contribution is -2.40. The molecule has 0 aliphatic heterocycles. The second-order valence-electron chi connectivity index (χ2n) is 3.46. The molecule has 0 fully saturated rings. The second-order valence-corrected chi connectivity index (χ2v) is 3.46. The SMILES string of the molecule is COC(=O)C(C)OCC(C)(C)N. The van der Waals surface area contributed by atoms with Gasteiger partial charge in [0.2, 0.25) is 0 Å². The van der Waals surface area contributed by atoms with Crippen LogP contribution in [0.15, 0.2) is 0 Å². The zero-order chi connectivity index (χ0) is 9.78. The second kappa shape index (κ2) is 4.42. The van der Waals surface area contributed by atoms with Crippen molar-refractivity contribution < 1.29 is 14.3 Å². The Balaban J connectivity index is 3.72. The first-order valence-corrected chi connectivity index (χ1v) is 3.85. The van der Waals surface area contributed by atoms with Crippen molar-refractivity contribution >= 4 is 5.97 Å². The molecule has 1 unspecified atom stereocenters. The third-order valence-corrected chi connectivity index (χ3v) is 1.24. The number of nitrogens with two attached hydrogens (primary N) is 1. The highest BCUT2D eigenvalue weighted by Gasteiger charge is 2.18. The van der Waals surface area contributed by atoms with Gasteiger partial charge in [-0.3, -0.25) is 0 Å². The zero-order valence-corrected chi connectivity index (χ0v) is 8.09. The molecular weight excluding hydrogens is 158 g/mol. The number of rotatable bonds is 4. The number of carbonyl (C=O) groups excluding carboxylic acids is 1. The van der Waals surface area contributed by atoms with Crippen molar-refractivity contribution in [2.75, 3.05) is 13.7 Å². The molecule has 0 aromatic heterocycles. The van der Waals surface area contributed by atoms with Crippen LogP contribution in [-0.4, -0.2) is 31.3 Å². The monoisotopic (exact) mass is 175 g/mol. The number of hydrogen-bond donors (Lipinski definition) is 1. The lowest BCUT2D eigenvalue weighted by atomic mass is 10.1. The van der Waals surface area contributed by atoms with Crippen LogP contribution in [0.5, 0.6) is 0 Å². The first-order valence-electron chi connectivity index (χ1n) is 3.85. The first kappa shape index (κ1) is 11.4. The van der Waals surface area contributed by atoms with Crippen LogP contribution < -0.4 is 5.73 Å². The van der Waals surface area contributed by atoms with Gasteiger partial charge in [-0.1, -0.05) is 0 Å². The van der Waals surface area contributed by atoms with Crippen molar-refractivity contribution in [2.24, 2.45) is 5.73 Å². The van der Waals surface area contributed by atoms with Gasteiger partial charge >= 0.3 is 5.97 Å². The molecule has 4 heteroatoms. The smallest absolute Gasteiger partial charge is 0.334 e. The molecule has 4 nitrogen and oxygen atoms in total. The van der Waals surface area contributed by atoms with Crippen LogP contribution in [0.2, 0.25) is 0 Å². The Labute approximate surface area is 73.0 Å². The Morgan fingerprint density at radius 2 is 2.08 bits per heavy atom. The van der Waals surface area contributed by atoms with E-state index in [-0.39, 0.29) is 5.97 Å². The Kier molecular flexibility index (Phi) is 4.20. The summed E-state index contributed by atoms with van der Waals surface area (Å²) in [5.74, 6) is -0.376. The minimum Gasteiger partial charge on any atom is -0.467 e. The van der Waals surface area contributed by atoms with Gasteiger partial charge < -0.3 is 15.2 Å². The molecule has 0 saturated heterocycles. The van der Waals surface area contributed by atoms with Crippen molar-refractivity contribution in [3.63, 3.8) is 0 Å². The van der Waals surface area contributed by atoms with E-state index < -0.39 is 11.6 Å². The molecule has 12 heavy (non-hydrogen) atoms. The highest BCUT2D eigenvalue weighted by Crippen LogP contribution is 2.01. The van der Waals surface area contributed by atoms with Gasteiger partial charge in [-0.15, -0.1) is 0 Å². The van der Waals surface area contributed by atoms with Crippen molar-refractivity contribution in [3.05, 3.63) is 0 Å². The number of carbonyl (C=O) groups is 1. The van der Waals surface area contributed by atoms with E-state index in [4.69, 9.17) is 10.5 Å². The van der Waals surface area contributed by atoms with E-state index >= 15 is 0 Å².